The van der Waals surface area contributed by atoms with E-state index in [0.717, 1.165) is 35.5 Å². The second-order valence-corrected chi connectivity index (χ2v) is 16.9. The number of para-hydroxylation sites is 2. The van der Waals surface area contributed by atoms with Crippen LogP contribution in [0.3, 0.4) is 0 Å². The highest BCUT2D eigenvalue weighted by atomic mass is 15.2. The first-order chi connectivity index (χ1) is 31.3. The van der Waals surface area contributed by atoms with E-state index in [1.54, 1.807) is 0 Å². The Morgan fingerprint density at radius 3 is 1.89 bits per heavy atom. The highest BCUT2D eigenvalue weighted by molar-refractivity contribution is 6.16. The lowest BCUT2D eigenvalue weighted by molar-refractivity contribution is 0.793. The number of anilines is 2. The van der Waals surface area contributed by atoms with Crippen LogP contribution in [0.5, 0.6) is 0 Å². The van der Waals surface area contributed by atoms with Gasteiger partial charge >= 0.3 is 0 Å². The molecule has 1 heterocycles. The second kappa shape index (κ2) is 14.0. The lowest BCUT2D eigenvalue weighted by Crippen LogP contribution is -2.26. The average Bonchev–Trinajstić information content (AvgIpc) is 3.98. The van der Waals surface area contributed by atoms with Crippen LogP contribution in [0.15, 0.2) is 224 Å². The molecule has 3 aliphatic carbocycles. The van der Waals surface area contributed by atoms with Crippen molar-refractivity contribution in [2.45, 2.75) is 18.3 Å². The van der Waals surface area contributed by atoms with Crippen LogP contribution in [-0.4, -0.2) is 4.57 Å². The number of hydrogen-bond acceptors (Lipinski definition) is 1. The first-order valence-corrected chi connectivity index (χ1v) is 22.0. The molecule has 0 saturated heterocycles. The van der Waals surface area contributed by atoms with Gasteiger partial charge in [0, 0.05) is 39.0 Å². The Kier molecular flexibility index (Phi) is 7.89. The van der Waals surface area contributed by atoms with E-state index in [0.29, 0.717) is 0 Å². The number of nitrogens with zero attached hydrogens (tertiary/aromatic N) is 2. The minimum absolute atomic E-state index is 0.464. The van der Waals surface area contributed by atoms with E-state index >= 15 is 0 Å². The molecule has 0 aliphatic heterocycles. The van der Waals surface area contributed by atoms with Crippen LogP contribution >= 0.6 is 0 Å². The fourth-order valence-electron chi connectivity index (χ4n) is 11.2. The third-order valence-electron chi connectivity index (χ3n) is 13.8. The minimum Gasteiger partial charge on any atom is -0.314 e. The first kappa shape index (κ1) is 35.6. The van der Waals surface area contributed by atoms with Gasteiger partial charge in [-0.1, -0.05) is 170 Å². The van der Waals surface area contributed by atoms with Crippen molar-refractivity contribution in [3.63, 3.8) is 0 Å². The van der Waals surface area contributed by atoms with Crippen LogP contribution in [0, 0.1) is 12.1 Å². The molecule has 0 fully saturated rings. The SMILES string of the molecule is c1ccc2c(c#1)-c1c(N(C3=CC=C(c4ccccc4)CC3)c3ccc(-c4cccc5c4c4ccccc4n5-c4ccccc4)cc3)cccc1C21c2ccccc2-c2ccccc21. The molecule has 0 atom stereocenters. The third kappa shape index (κ3) is 5.15. The maximum Gasteiger partial charge on any atom is 0.0733 e. The van der Waals surface area contributed by atoms with Crippen molar-refractivity contribution >= 4 is 38.8 Å². The van der Waals surface area contributed by atoms with Gasteiger partial charge in [-0.3, -0.25) is 0 Å². The number of fused-ring (bicyclic) bond motifs is 13. The molecule has 0 unspecified atom stereocenters. The van der Waals surface area contributed by atoms with E-state index in [2.05, 4.69) is 234 Å². The zero-order valence-corrected chi connectivity index (χ0v) is 34.6. The maximum atomic E-state index is 3.69. The summed E-state index contributed by atoms with van der Waals surface area (Å²) in [7, 11) is 0. The Hall–Kier alpha value is -8.12. The standard InChI is InChI=1S/C61H40N2/c1-3-17-41(18-4-1)42-33-37-45(38-34-42)62(46-39-35-43(36-40-46)47-25-15-31-57-59(47)51-24-10-14-30-56(51)63(57)44-19-5-2-6-20-44)58-32-16-29-55-60(58)50-23-9-13-28-54(50)61(55)52-26-11-7-21-48(52)49-22-8-12-27-53(49)61/h1-8,10-22,24-33,35-37,39-40H,34,38H2. The summed E-state index contributed by atoms with van der Waals surface area (Å²) in [6, 6.07) is 82.7. The summed E-state index contributed by atoms with van der Waals surface area (Å²) >= 11 is 0. The number of hydrogen-bond donors (Lipinski definition) is 0. The highest BCUT2D eigenvalue weighted by Crippen LogP contribution is 2.64. The first-order valence-electron chi connectivity index (χ1n) is 22.0. The molecule has 0 N–H and O–H groups in total. The van der Waals surface area contributed by atoms with Gasteiger partial charge in [0.2, 0.25) is 0 Å². The fourth-order valence-corrected chi connectivity index (χ4v) is 11.2. The third-order valence-corrected chi connectivity index (χ3v) is 13.8. The highest BCUT2D eigenvalue weighted by Gasteiger charge is 2.52. The molecule has 2 heteroatoms. The van der Waals surface area contributed by atoms with Crippen molar-refractivity contribution in [2.75, 3.05) is 4.90 Å². The molecular weight excluding hydrogens is 761 g/mol. The predicted octanol–water partition coefficient (Wildman–Crippen LogP) is 15.3. The number of allylic oxidation sites excluding steroid dienone is 4. The van der Waals surface area contributed by atoms with Gasteiger partial charge in [0.25, 0.3) is 0 Å². The molecule has 0 radical (unpaired) electrons. The molecule has 0 amide bonds. The lowest BCUT2D eigenvalue weighted by atomic mass is 9.70. The van der Waals surface area contributed by atoms with Crippen LogP contribution in [-0.2, 0) is 5.41 Å². The Morgan fingerprint density at radius 1 is 0.476 bits per heavy atom. The Morgan fingerprint density at radius 2 is 1.13 bits per heavy atom. The van der Waals surface area contributed by atoms with E-state index in [4.69, 9.17) is 0 Å². The molecule has 294 valence electrons. The van der Waals surface area contributed by atoms with E-state index in [1.807, 2.05) is 6.07 Å². The second-order valence-electron chi connectivity index (χ2n) is 16.9. The summed E-state index contributed by atoms with van der Waals surface area (Å²) in [6.45, 7) is 0. The molecule has 9 aromatic carbocycles. The van der Waals surface area contributed by atoms with Gasteiger partial charge in [-0.15, -0.1) is 0 Å². The van der Waals surface area contributed by atoms with Crippen LogP contribution in [0.25, 0.3) is 66.4 Å². The molecule has 1 aromatic heterocycles. The minimum atomic E-state index is -0.464. The van der Waals surface area contributed by atoms with Crippen molar-refractivity contribution < 1.29 is 0 Å². The molecule has 3 aliphatic rings. The van der Waals surface area contributed by atoms with Gasteiger partial charge in [-0.25, -0.2) is 0 Å². The molecule has 1 spiro atoms. The van der Waals surface area contributed by atoms with Gasteiger partial charge in [0.1, 0.15) is 0 Å². The van der Waals surface area contributed by atoms with E-state index in [-0.39, 0.29) is 0 Å². The molecule has 63 heavy (non-hydrogen) atoms. The van der Waals surface area contributed by atoms with Crippen LogP contribution in [0.1, 0.15) is 40.7 Å². The average molecular weight is 801 g/mol. The van der Waals surface area contributed by atoms with Crippen molar-refractivity contribution in [1.29, 1.82) is 0 Å². The monoisotopic (exact) mass is 800 g/mol. The molecule has 13 rings (SSSR count). The summed E-state index contributed by atoms with van der Waals surface area (Å²) in [5.41, 5.74) is 21.9. The quantitative estimate of drug-likeness (QED) is 0.163. The van der Waals surface area contributed by atoms with Crippen molar-refractivity contribution in [3.05, 3.63) is 264 Å². The summed E-state index contributed by atoms with van der Waals surface area (Å²) in [5.74, 6) is 0. The van der Waals surface area contributed by atoms with E-state index in [9.17, 15) is 0 Å². The number of benzene rings is 8. The molecular formula is C61H40N2. The lowest BCUT2D eigenvalue weighted by Gasteiger charge is -2.33. The fraction of sp³-hybridized carbons (Fsp3) is 0.0492. The van der Waals surface area contributed by atoms with Crippen LogP contribution in [0.2, 0.25) is 0 Å². The maximum absolute atomic E-state index is 3.69. The topological polar surface area (TPSA) is 8.17 Å². The Bertz CT molecular complexity index is 3450. The van der Waals surface area contributed by atoms with Crippen LogP contribution < -0.4 is 4.90 Å². The van der Waals surface area contributed by atoms with Crippen molar-refractivity contribution in [1.82, 2.24) is 4.57 Å². The molecule has 2 nitrogen and oxygen atoms in total. The zero-order valence-electron chi connectivity index (χ0n) is 34.6. The Balaban J connectivity index is 1.01. The predicted molar refractivity (Wildman–Crippen MR) is 261 cm³/mol. The van der Waals surface area contributed by atoms with Crippen LogP contribution in [0.4, 0.5) is 11.4 Å². The molecule has 10 aromatic rings. The molecule has 0 bridgehead atoms. The van der Waals surface area contributed by atoms with Gasteiger partial charge in [-0.2, -0.15) is 0 Å². The van der Waals surface area contributed by atoms with Gasteiger partial charge in [-0.05, 0) is 129 Å². The smallest absolute Gasteiger partial charge is 0.0733 e. The summed E-state index contributed by atoms with van der Waals surface area (Å²) in [4.78, 5) is 2.53. The number of aromatic nitrogens is 1. The number of rotatable bonds is 6. The van der Waals surface area contributed by atoms with E-state index < -0.39 is 5.41 Å². The van der Waals surface area contributed by atoms with Crippen molar-refractivity contribution in [3.8, 4) is 39.1 Å². The van der Waals surface area contributed by atoms with Crippen molar-refractivity contribution in [2.24, 2.45) is 0 Å². The van der Waals surface area contributed by atoms with Gasteiger partial charge in [0.15, 0.2) is 0 Å². The van der Waals surface area contributed by atoms with Gasteiger partial charge < -0.3 is 9.47 Å². The Labute approximate surface area is 368 Å². The summed E-state index contributed by atoms with van der Waals surface area (Å²) in [5, 5.41) is 2.52. The normalized spacial score (nSPS) is 14.1. The molecule has 0 saturated carbocycles. The summed E-state index contributed by atoms with van der Waals surface area (Å²) < 4.78 is 2.40. The summed E-state index contributed by atoms with van der Waals surface area (Å²) in [6.07, 6.45) is 6.54. The van der Waals surface area contributed by atoms with Gasteiger partial charge in [0.05, 0.1) is 22.1 Å². The van der Waals surface area contributed by atoms with E-state index in [1.165, 1.54) is 88.7 Å². The largest absolute Gasteiger partial charge is 0.314 e. The zero-order chi connectivity index (χ0) is 41.5.